The lowest BCUT2D eigenvalue weighted by molar-refractivity contribution is 0.762. The number of rotatable bonds is 2. The van der Waals surface area contributed by atoms with E-state index in [4.69, 9.17) is 0 Å². The first-order valence-corrected chi connectivity index (χ1v) is 9.46. The second-order valence-corrected chi connectivity index (χ2v) is 8.18. The van der Waals surface area contributed by atoms with Gasteiger partial charge < -0.3 is 4.57 Å². The smallest absolute Gasteiger partial charge is 0.268 e. The predicted molar refractivity (Wildman–Crippen MR) is 109 cm³/mol. The number of para-hydroxylation sites is 1. The summed E-state index contributed by atoms with van der Waals surface area (Å²) in [6, 6.07) is 13.5. The van der Waals surface area contributed by atoms with E-state index in [0.29, 0.717) is 10.2 Å². The Morgan fingerprint density at radius 2 is 1.69 bits per heavy atom. The van der Waals surface area contributed by atoms with E-state index in [1.807, 2.05) is 61.0 Å². The summed E-state index contributed by atoms with van der Waals surface area (Å²) in [4.78, 5) is 27.6. The van der Waals surface area contributed by atoms with Crippen LogP contribution in [0.15, 0.2) is 52.1 Å². The molecule has 4 rings (SSSR count). The number of hydrogen-bond donors (Lipinski definition) is 0. The van der Waals surface area contributed by atoms with E-state index >= 15 is 0 Å². The molecular formula is C21H20N2O2S. The lowest BCUT2D eigenvalue weighted by Gasteiger charge is -2.18. The van der Waals surface area contributed by atoms with Crippen LogP contribution in [0.25, 0.3) is 26.8 Å². The Morgan fingerprint density at radius 1 is 1.00 bits per heavy atom. The Labute approximate surface area is 154 Å². The molecule has 4 aromatic rings. The van der Waals surface area contributed by atoms with Crippen molar-refractivity contribution >= 4 is 32.5 Å². The van der Waals surface area contributed by atoms with Gasteiger partial charge in [-0.2, -0.15) is 0 Å². The van der Waals surface area contributed by atoms with Gasteiger partial charge in [-0.25, -0.2) is 0 Å². The van der Waals surface area contributed by atoms with Crippen molar-refractivity contribution in [3.63, 3.8) is 0 Å². The molecule has 0 amide bonds. The average molecular weight is 364 g/mol. The summed E-state index contributed by atoms with van der Waals surface area (Å²) in [5, 5.41) is 0.259. The van der Waals surface area contributed by atoms with Crippen molar-refractivity contribution < 1.29 is 0 Å². The molecule has 0 radical (unpaired) electrons. The zero-order valence-corrected chi connectivity index (χ0v) is 16.1. The molecule has 0 saturated carbocycles. The Hall–Kier alpha value is -2.66. The fourth-order valence-corrected chi connectivity index (χ4v) is 4.51. The molecule has 0 aliphatic heterocycles. The van der Waals surface area contributed by atoms with Gasteiger partial charge in [0, 0.05) is 23.3 Å². The Morgan fingerprint density at radius 3 is 2.35 bits per heavy atom. The third kappa shape index (κ3) is 2.35. The van der Waals surface area contributed by atoms with Crippen LogP contribution >= 0.6 is 11.3 Å². The van der Waals surface area contributed by atoms with E-state index < -0.39 is 0 Å². The molecule has 4 nitrogen and oxygen atoms in total. The van der Waals surface area contributed by atoms with Crippen LogP contribution < -0.4 is 11.0 Å². The molecule has 1 aromatic carbocycles. The molecule has 0 aliphatic carbocycles. The van der Waals surface area contributed by atoms with Crippen LogP contribution in [0.4, 0.5) is 0 Å². The molecule has 5 heteroatoms. The molecule has 0 saturated heterocycles. The van der Waals surface area contributed by atoms with Crippen LogP contribution in [-0.2, 0) is 7.05 Å². The number of thiophene rings is 1. The van der Waals surface area contributed by atoms with E-state index in [1.54, 1.807) is 4.57 Å². The topological polar surface area (TPSA) is 44.0 Å². The van der Waals surface area contributed by atoms with Gasteiger partial charge in [-0.05, 0) is 37.1 Å². The van der Waals surface area contributed by atoms with Crippen LogP contribution in [0, 0.1) is 6.92 Å². The Balaban J connectivity index is 2.27. The summed E-state index contributed by atoms with van der Waals surface area (Å²) in [7, 11) is 1.92. The number of aromatic nitrogens is 2. The number of benzene rings is 1. The van der Waals surface area contributed by atoms with Gasteiger partial charge in [-0.15, -0.1) is 11.3 Å². The van der Waals surface area contributed by atoms with E-state index in [0.717, 1.165) is 21.8 Å². The first-order chi connectivity index (χ1) is 12.4. The van der Waals surface area contributed by atoms with Crippen LogP contribution in [0.5, 0.6) is 0 Å². The summed E-state index contributed by atoms with van der Waals surface area (Å²) in [6.45, 7) is 6.10. The molecule has 0 aliphatic rings. The quantitative estimate of drug-likeness (QED) is 0.531. The van der Waals surface area contributed by atoms with Crippen LogP contribution in [-0.4, -0.2) is 9.13 Å². The number of hydrogen-bond acceptors (Lipinski definition) is 3. The Kier molecular flexibility index (Phi) is 3.84. The van der Waals surface area contributed by atoms with Crippen molar-refractivity contribution in [2.75, 3.05) is 0 Å². The van der Waals surface area contributed by atoms with Crippen molar-refractivity contribution in [1.82, 2.24) is 9.13 Å². The van der Waals surface area contributed by atoms with Crippen molar-refractivity contribution in [2.24, 2.45) is 7.05 Å². The van der Waals surface area contributed by atoms with Gasteiger partial charge in [0.25, 0.3) is 5.56 Å². The van der Waals surface area contributed by atoms with Crippen molar-refractivity contribution in [3.8, 4) is 5.69 Å². The molecule has 0 N–H and O–H groups in total. The number of fused-ring (bicyclic) bond motifs is 2. The van der Waals surface area contributed by atoms with Crippen LogP contribution in [0.1, 0.15) is 30.3 Å². The largest absolute Gasteiger partial charge is 0.342 e. The predicted octanol–water partition coefficient (Wildman–Crippen LogP) is 4.34. The van der Waals surface area contributed by atoms with E-state index in [2.05, 4.69) is 13.8 Å². The van der Waals surface area contributed by atoms with Gasteiger partial charge in [0.1, 0.15) is 5.39 Å². The first-order valence-electron chi connectivity index (χ1n) is 8.64. The molecule has 0 spiro atoms. The SMILES string of the molecule is Cc1cc2c(s1)c(=O)c1c(=O)n(-c3ccccc3)c(C(C)C)cc1n2C. The highest BCUT2D eigenvalue weighted by atomic mass is 32.1. The zero-order chi connectivity index (χ0) is 18.6. The highest BCUT2D eigenvalue weighted by molar-refractivity contribution is 7.18. The highest BCUT2D eigenvalue weighted by Gasteiger charge is 2.20. The molecule has 0 fully saturated rings. The first kappa shape index (κ1) is 16.8. The molecular weight excluding hydrogens is 344 g/mol. The van der Waals surface area contributed by atoms with E-state index in [-0.39, 0.29) is 22.3 Å². The molecule has 3 heterocycles. The molecule has 3 aromatic heterocycles. The minimum atomic E-state index is -0.244. The van der Waals surface area contributed by atoms with Gasteiger partial charge in [0.05, 0.1) is 15.7 Å². The monoisotopic (exact) mass is 364 g/mol. The van der Waals surface area contributed by atoms with Gasteiger partial charge in [0.15, 0.2) is 0 Å². The van der Waals surface area contributed by atoms with E-state index in [9.17, 15) is 9.59 Å². The van der Waals surface area contributed by atoms with Gasteiger partial charge in [-0.3, -0.25) is 14.2 Å². The Bertz CT molecular complexity index is 1260. The maximum absolute atomic E-state index is 13.4. The second kappa shape index (κ2) is 5.95. The summed E-state index contributed by atoms with van der Waals surface area (Å²) < 4.78 is 4.30. The third-order valence-electron chi connectivity index (χ3n) is 4.81. The lowest BCUT2D eigenvalue weighted by atomic mass is 10.1. The van der Waals surface area contributed by atoms with E-state index in [1.165, 1.54) is 11.3 Å². The number of aryl methyl sites for hydroxylation is 2. The molecule has 0 bridgehead atoms. The number of pyridine rings is 2. The maximum atomic E-state index is 13.4. The third-order valence-corrected chi connectivity index (χ3v) is 5.85. The fraction of sp³-hybridized carbons (Fsp3) is 0.238. The minimum absolute atomic E-state index is 0.141. The summed E-state index contributed by atoms with van der Waals surface area (Å²) in [6.07, 6.45) is 0. The van der Waals surface area contributed by atoms with Crippen molar-refractivity contribution in [2.45, 2.75) is 26.7 Å². The molecule has 132 valence electrons. The molecule has 0 unspecified atom stereocenters. The maximum Gasteiger partial charge on any atom is 0.268 e. The lowest BCUT2D eigenvalue weighted by Crippen LogP contribution is -2.28. The van der Waals surface area contributed by atoms with Crippen molar-refractivity contribution in [3.05, 3.63) is 73.6 Å². The van der Waals surface area contributed by atoms with Crippen LogP contribution in [0.2, 0.25) is 0 Å². The standard InChI is InChI=1S/C21H20N2O2S/c1-12(2)15-11-16-18(21(25)23(15)14-8-6-5-7-9-14)19(24)20-17(22(16)4)10-13(3)26-20/h5-12H,1-4H3. The summed E-state index contributed by atoms with van der Waals surface area (Å²) in [5.41, 5.74) is 2.85. The minimum Gasteiger partial charge on any atom is -0.342 e. The number of nitrogens with zero attached hydrogens (tertiary/aromatic N) is 2. The molecule has 0 atom stereocenters. The van der Waals surface area contributed by atoms with Gasteiger partial charge in [0.2, 0.25) is 5.43 Å². The average Bonchev–Trinajstić information content (AvgIpc) is 3.02. The van der Waals surface area contributed by atoms with Gasteiger partial charge in [-0.1, -0.05) is 32.0 Å². The normalized spacial score (nSPS) is 11.7. The van der Waals surface area contributed by atoms with Crippen molar-refractivity contribution in [1.29, 1.82) is 0 Å². The fourth-order valence-electron chi connectivity index (χ4n) is 3.52. The van der Waals surface area contributed by atoms with Gasteiger partial charge >= 0.3 is 0 Å². The summed E-state index contributed by atoms with van der Waals surface area (Å²) >= 11 is 1.45. The van der Waals surface area contributed by atoms with Crippen LogP contribution in [0.3, 0.4) is 0 Å². The summed E-state index contributed by atoms with van der Waals surface area (Å²) in [5.74, 6) is 0.141. The zero-order valence-electron chi connectivity index (χ0n) is 15.2. The highest BCUT2D eigenvalue weighted by Crippen LogP contribution is 2.27. The molecule has 26 heavy (non-hydrogen) atoms. The second-order valence-electron chi connectivity index (χ2n) is 6.92.